The van der Waals surface area contributed by atoms with Crippen LogP contribution in [0.1, 0.15) is 32.6 Å². The molecule has 0 aliphatic heterocycles. The predicted octanol–water partition coefficient (Wildman–Crippen LogP) is 2.66. The third kappa shape index (κ3) is 5.96. The molecule has 1 aliphatic carbocycles. The minimum Gasteiger partial charge on any atom is -0.497 e. The lowest BCUT2D eigenvalue weighted by Crippen LogP contribution is -2.42. The standard InChI is InChI=1S/C19H27NO5/c1-3-24-18(21)11-12-20(19(22)15-5-4-6-15)13-14-25-17-9-7-16(23-2)8-10-17/h7-10,15H,3-6,11-14H2,1-2H3. The topological polar surface area (TPSA) is 65.1 Å². The first-order valence-corrected chi connectivity index (χ1v) is 8.85. The SMILES string of the molecule is CCOC(=O)CCN(CCOc1ccc(OC)cc1)C(=O)C1CCC1. The van der Waals surface area contributed by atoms with Crippen LogP contribution in [-0.4, -0.2) is 50.2 Å². The lowest BCUT2D eigenvalue weighted by molar-refractivity contribution is -0.145. The second-order valence-electron chi connectivity index (χ2n) is 6.03. The van der Waals surface area contributed by atoms with Gasteiger partial charge in [-0.1, -0.05) is 6.42 Å². The highest BCUT2D eigenvalue weighted by Crippen LogP contribution is 2.28. The molecule has 1 aromatic rings. The molecule has 6 nitrogen and oxygen atoms in total. The number of methoxy groups -OCH3 is 1. The van der Waals surface area contributed by atoms with Crippen LogP contribution >= 0.6 is 0 Å². The molecule has 0 bridgehead atoms. The van der Waals surface area contributed by atoms with Crippen molar-refractivity contribution in [2.75, 3.05) is 33.4 Å². The Morgan fingerprint density at radius 2 is 1.80 bits per heavy atom. The van der Waals surface area contributed by atoms with Gasteiger partial charge in [-0.3, -0.25) is 9.59 Å². The van der Waals surface area contributed by atoms with E-state index in [-0.39, 0.29) is 24.2 Å². The molecule has 0 aromatic heterocycles. The van der Waals surface area contributed by atoms with Crippen LogP contribution in [0.15, 0.2) is 24.3 Å². The number of rotatable bonds is 10. The Morgan fingerprint density at radius 3 is 2.36 bits per heavy atom. The fourth-order valence-corrected chi connectivity index (χ4v) is 2.65. The van der Waals surface area contributed by atoms with Crippen LogP contribution in [-0.2, 0) is 14.3 Å². The maximum absolute atomic E-state index is 12.5. The minimum atomic E-state index is -0.273. The molecule has 0 heterocycles. The van der Waals surface area contributed by atoms with E-state index in [1.165, 1.54) is 0 Å². The van der Waals surface area contributed by atoms with Crippen molar-refractivity contribution in [2.45, 2.75) is 32.6 Å². The Kier molecular flexibility index (Phi) is 7.57. The van der Waals surface area contributed by atoms with Crippen molar-refractivity contribution >= 4 is 11.9 Å². The first-order chi connectivity index (χ1) is 12.1. The molecule has 0 unspecified atom stereocenters. The second kappa shape index (κ2) is 9.91. The van der Waals surface area contributed by atoms with Gasteiger partial charge in [-0.05, 0) is 44.0 Å². The molecule has 0 N–H and O–H groups in total. The molecule has 1 aliphatic rings. The average molecular weight is 349 g/mol. The van der Waals surface area contributed by atoms with Gasteiger partial charge in [0.05, 0.1) is 26.7 Å². The van der Waals surface area contributed by atoms with E-state index in [9.17, 15) is 9.59 Å². The van der Waals surface area contributed by atoms with E-state index in [1.54, 1.807) is 18.9 Å². The molecule has 1 aromatic carbocycles. The number of carbonyl (C=O) groups is 2. The average Bonchev–Trinajstić information content (AvgIpc) is 2.57. The summed E-state index contributed by atoms with van der Waals surface area (Å²) in [6.45, 7) is 3.35. The molecule has 25 heavy (non-hydrogen) atoms. The van der Waals surface area contributed by atoms with Crippen molar-refractivity contribution < 1.29 is 23.8 Å². The minimum absolute atomic E-state index is 0.100. The van der Waals surface area contributed by atoms with E-state index in [2.05, 4.69) is 0 Å². The molecule has 1 fully saturated rings. The summed E-state index contributed by atoms with van der Waals surface area (Å²) in [7, 11) is 1.61. The summed E-state index contributed by atoms with van der Waals surface area (Å²) in [5.41, 5.74) is 0. The van der Waals surface area contributed by atoms with Crippen LogP contribution in [0.4, 0.5) is 0 Å². The molecule has 0 saturated heterocycles. The van der Waals surface area contributed by atoms with Gasteiger partial charge in [-0.15, -0.1) is 0 Å². The maximum Gasteiger partial charge on any atom is 0.307 e. The Morgan fingerprint density at radius 1 is 1.12 bits per heavy atom. The van der Waals surface area contributed by atoms with Crippen LogP contribution < -0.4 is 9.47 Å². The van der Waals surface area contributed by atoms with Gasteiger partial charge in [0.2, 0.25) is 5.91 Å². The van der Waals surface area contributed by atoms with Crippen molar-refractivity contribution in [3.8, 4) is 11.5 Å². The van der Waals surface area contributed by atoms with Crippen LogP contribution in [0.2, 0.25) is 0 Å². The monoisotopic (exact) mass is 349 g/mol. The fourth-order valence-electron chi connectivity index (χ4n) is 2.65. The van der Waals surface area contributed by atoms with Crippen molar-refractivity contribution in [2.24, 2.45) is 5.92 Å². The first-order valence-electron chi connectivity index (χ1n) is 8.85. The largest absolute Gasteiger partial charge is 0.497 e. The molecule has 1 saturated carbocycles. The second-order valence-corrected chi connectivity index (χ2v) is 6.03. The lowest BCUT2D eigenvalue weighted by atomic mass is 9.84. The van der Waals surface area contributed by atoms with Gasteiger partial charge in [-0.2, -0.15) is 0 Å². The fraction of sp³-hybridized carbons (Fsp3) is 0.579. The van der Waals surface area contributed by atoms with Gasteiger partial charge < -0.3 is 19.1 Å². The summed E-state index contributed by atoms with van der Waals surface area (Å²) in [6, 6.07) is 7.31. The molecular formula is C19H27NO5. The number of amides is 1. The van der Waals surface area contributed by atoms with Crippen LogP contribution in [0.5, 0.6) is 11.5 Å². The van der Waals surface area contributed by atoms with Gasteiger partial charge >= 0.3 is 5.97 Å². The van der Waals surface area contributed by atoms with Crippen molar-refractivity contribution in [1.29, 1.82) is 0 Å². The molecule has 0 atom stereocenters. The maximum atomic E-state index is 12.5. The Labute approximate surface area is 149 Å². The van der Waals surface area contributed by atoms with Crippen molar-refractivity contribution in [1.82, 2.24) is 4.90 Å². The van der Waals surface area contributed by atoms with Crippen LogP contribution in [0.25, 0.3) is 0 Å². The first kappa shape index (κ1) is 19.1. The lowest BCUT2D eigenvalue weighted by Gasteiger charge is -2.31. The Balaban J connectivity index is 1.83. The summed E-state index contributed by atoms with van der Waals surface area (Å²) in [5.74, 6) is 1.44. The number of benzene rings is 1. The Bertz CT molecular complexity index is 553. The number of ether oxygens (including phenoxy) is 3. The number of hydrogen-bond donors (Lipinski definition) is 0. The number of carbonyl (C=O) groups excluding carboxylic acids is 2. The van der Waals surface area contributed by atoms with E-state index in [1.807, 2.05) is 24.3 Å². The third-order valence-electron chi connectivity index (χ3n) is 4.35. The van der Waals surface area contributed by atoms with Gasteiger partial charge in [0, 0.05) is 12.5 Å². The van der Waals surface area contributed by atoms with Crippen LogP contribution in [0.3, 0.4) is 0 Å². The van der Waals surface area contributed by atoms with Gasteiger partial charge in [0.15, 0.2) is 0 Å². The summed E-state index contributed by atoms with van der Waals surface area (Å²) < 4.78 is 15.8. The molecule has 0 radical (unpaired) electrons. The molecule has 0 spiro atoms. The van der Waals surface area contributed by atoms with Gasteiger partial charge in [0.1, 0.15) is 18.1 Å². The molecule has 2 rings (SSSR count). The van der Waals surface area contributed by atoms with E-state index in [4.69, 9.17) is 14.2 Å². The zero-order chi connectivity index (χ0) is 18.1. The summed E-state index contributed by atoms with van der Waals surface area (Å²) in [4.78, 5) is 25.8. The smallest absolute Gasteiger partial charge is 0.307 e. The number of nitrogens with zero attached hydrogens (tertiary/aromatic N) is 1. The highest BCUT2D eigenvalue weighted by Gasteiger charge is 2.29. The molecule has 138 valence electrons. The highest BCUT2D eigenvalue weighted by atomic mass is 16.5. The third-order valence-corrected chi connectivity index (χ3v) is 4.35. The summed E-state index contributed by atoms with van der Waals surface area (Å²) in [5, 5.41) is 0. The molecular weight excluding hydrogens is 322 g/mol. The van der Waals surface area contributed by atoms with E-state index < -0.39 is 0 Å². The van der Waals surface area contributed by atoms with E-state index in [0.29, 0.717) is 26.3 Å². The molecule has 1 amide bonds. The van der Waals surface area contributed by atoms with Crippen molar-refractivity contribution in [3.05, 3.63) is 24.3 Å². The number of hydrogen-bond acceptors (Lipinski definition) is 5. The van der Waals surface area contributed by atoms with Crippen molar-refractivity contribution in [3.63, 3.8) is 0 Å². The highest BCUT2D eigenvalue weighted by molar-refractivity contribution is 5.80. The molecule has 6 heteroatoms. The predicted molar refractivity (Wildman–Crippen MR) is 93.7 cm³/mol. The zero-order valence-corrected chi connectivity index (χ0v) is 15.0. The Hall–Kier alpha value is -2.24. The van der Waals surface area contributed by atoms with Gasteiger partial charge in [-0.25, -0.2) is 0 Å². The summed E-state index contributed by atoms with van der Waals surface area (Å²) in [6.07, 6.45) is 3.20. The normalized spacial score (nSPS) is 13.7. The zero-order valence-electron chi connectivity index (χ0n) is 15.0. The van der Waals surface area contributed by atoms with E-state index >= 15 is 0 Å². The van der Waals surface area contributed by atoms with Gasteiger partial charge in [0.25, 0.3) is 0 Å². The number of esters is 1. The summed E-state index contributed by atoms with van der Waals surface area (Å²) >= 11 is 0. The quantitative estimate of drug-likeness (QED) is 0.608. The van der Waals surface area contributed by atoms with Crippen LogP contribution in [0, 0.1) is 5.92 Å². The van der Waals surface area contributed by atoms with E-state index in [0.717, 1.165) is 30.8 Å².